The number of methoxy groups -OCH3 is 1. The van der Waals surface area contributed by atoms with Gasteiger partial charge in [-0.05, 0) is 68.7 Å². The highest BCUT2D eigenvalue weighted by Crippen LogP contribution is 2.42. The maximum Gasteiger partial charge on any atom is 0.252 e. The van der Waals surface area contributed by atoms with Crippen LogP contribution < -0.4 is 9.64 Å². The van der Waals surface area contributed by atoms with Gasteiger partial charge in [-0.1, -0.05) is 42.4 Å². The van der Waals surface area contributed by atoms with Gasteiger partial charge in [0.2, 0.25) is 0 Å². The van der Waals surface area contributed by atoms with Crippen molar-refractivity contribution >= 4 is 28.3 Å². The van der Waals surface area contributed by atoms with Gasteiger partial charge in [-0.3, -0.25) is 4.79 Å². The fraction of sp³-hybridized carbons (Fsp3) is 0.375. The number of amides is 1. The molecule has 5 heteroatoms. The van der Waals surface area contributed by atoms with Crippen molar-refractivity contribution in [2.45, 2.75) is 30.6 Å². The van der Waals surface area contributed by atoms with Crippen molar-refractivity contribution < 1.29 is 9.53 Å². The number of ether oxygens (including phenoxy) is 1. The molecule has 1 amide bonds. The topological polar surface area (TPSA) is 32.8 Å². The molecule has 2 aliphatic rings. The van der Waals surface area contributed by atoms with Crippen molar-refractivity contribution in [2.75, 3.05) is 38.2 Å². The molecule has 152 valence electrons. The Morgan fingerprint density at radius 2 is 1.72 bits per heavy atom. The quantitative estimate of drug-likeness (QED) is 0.670. The fourth-order valence-electron chi connectivity index (χ4n) is 3.99. The molecule has 0 aliphatic carbocycles. The highest BCUT2D eigenvalue weighted by molar-refractivity contribution is 8.08. The van der Waals surface area contributed by atoms with Crippen molar-refractivity contribution in [3.63, 3.8) is 0 Å². The zero-order valence-corrected chi connectivity index (χ0v) is 17.8. The molecule has 4 nitrogen and oxygen atoms in total. The summed E-state index contributed by atoms with van der Waals surface area (Å²) in [4.78, 5) is 19.7. The monoisotopic (exact) mass is 408 g/mol. The Morgan fingerprint density at radius 3 is 2.48 bits per heavy atom. The van der Waals surface area contributed by atoms with Gasteiger partial charge in [0.1, 0.15) is 5.75 Å². The van der Waals surface area contributed by atoms with Gasteiger partial charge < -0.3 is 14.5 Å². The highest BCUT2D eigenvalue weighted by atomic mass is 32.2. The predicted octanol–water partition coefficient (Wildman–Crippen LogP) is 5.05. The Balaban J connectivity index is 1.53. The normalized spacial score (nSPS) is 17.5. The van der Waals surface area contributed by atoms with Gasteiger partial charge in [0.05, 0.1) is 12.8 Å². The molecular formula is C24H28N2O2S. The van der Waals surface area contributed by atoms with Crippen molar-refractivity contribution in [3.05, 3.63) is 60.2 Å². The van der Waals surface area contributed by atoms with Crippen molar-refractivity contribution in [3.8, 4) is 5.75 Å². The SMILES string of the molecule is COc1ccc(C2=CC(=O)N(CCCN3CCCCC3)c3ccccc3S2)cc1. The van der Waals surface area contributed by atoms with Crippen LogP contribution in [0.3, 0.4) is 0 Å². The number of likely N-dealkylation sites (tertiary alicyclic amines) is 1. The van der Waals surface area contributed by atoms with Crippen molar-refractivity contribution in [1.82, 2.24) is 4.90 Å². The minimum atomic E-state index is 0.0620. The van der Waals surface area contributed by atoms with Crippen LogP contribution in [0.15, 0.2) is 59.5 Å². The predicted molar refractivity (Wildman–Crippen MR) is 121 cm³/mol. The number of thioether (sulfide) groups is 1. The second-order valence-corrected chi connectivity index (χ2v) is 8.64. The molecule has 1 saturated heterocycles. The fourth-order valence-corrected chi connectivity index (χ4v) is 5.07. The zero-order valence-electron chi connectivity index (χ0n) is 17.0. The van der Waals surface area contributed by atoms with Crippen LogP contribution in [0.4, 0.5) is 5.69 Å². The number of para-hydroxylation sites is 1. The molecule has 0 bridgehead atoms. The lowest BCUT2D eigenvalue weighted by Gasteiger charge is -2.28. The highest BCUT2D eigenvalue weighted by Gasteiger charge is 2.23. The maximum absolute atomic E-state index is 13.2. The molecule has 0 saturated carbocycles. The Bertz CT molecular complexity index is 873. The number of carbonyl (C=O) groups excluding carboxylic acids is 1. The molecule has 4 rings (SSSR count). The summed E-state index contributed by atoms with van der Waals surface area (Å²) in [6, 6.07) is 16.1. The lowest BCUT2D eigenvalue weighted by atomic mass is 10.1. The van der Waals surface area contributed by atoms with Crippen molar-refractivity contribution in [1.29, 1.82) is 0 Å². The van der Waals surface area contributed by atoms with Crippen LogP contribution in [0.5, 0.6) is 5.75 Å². The summed E-state index contributed by atoms with van der Waals surface area (Å²) in [6.07, 6.45) is 6.74. The van der Waals surface area contributed by atoms with Crippen LogP contribution >= 0.6 is 11.8 Å². The third kappa shape index (κ3) is 4.85. The number of benzene rings is 2. The summed E-state index contributed by atoms with van der Waals surface area (Å²) in [5, 5.41) is 0. The molecule has 0 radical (unpaired) electrons. The van der Waals surface area contributed by atoms with E-state index in [-0.39, 0.29) is 5.91 Å². The number of carbonyl (C=O) groups is 1. The van der Waals surface area contributed by atoms with Crippen LogP contribution in [0.2, 0.25) is 0 Å². The van der Waals surface area contributed by atoms with Crippen LogP contribution in [0.1, 0.15) is 31.2 Å². The first-order chi connectivity index (χ1) is 14.2. The number of nitrogens with zero attached hydrogens (tertiary/aromatic N) is 2. The minimum Gasteiger partial charge on any atom is -0.497 e. The number of hydrogen-bond acceptors (Lipinski definition) is 4. The molecule has 2 aromatic rings. The molecule has 0 spiro atoms. The molecule has 2 heterocycles. The van der Waals surface area contributed by atoms with Crippen LogP contribution in [-0.2, 0) is 4.79 Å². The second-order valence-electron chi connectivity index (χ2n) is 7.55. The maximum atomic E-state index is 13.2. The first-order valence-electron chi connectivity index (χ1n) is 10.4. The summed E-state index contributed by atoms with van der Waals surface area (Å²) >= 11 is 1.66. The third-order valence-electron chi connectivity index (χ3n) is 5.58. The lowest BCUT2D eigenvalue weighted by molar-refractivity contribution is -0.114. The summed E-state index contributed by atoms with van der Waals surface area (Å²) < 4.78 is 5.26. The standard InChI is InChI=1S/C24H28N2O2S/c1-28-20-12-10-19(11-13-20)23-18-24(27)26(21-8-3-4-9-22(21)29-23)17-7-16-25-14-5-2-6-15-25/h3-4,8-13,18H,2,5-7,14-17H2,1H3. The molecule has 1 fully saturated rings. The first kappa shape index (κ1) is 20.0. The van der Waals surface area contributed by atoms with Gasteiger partial charge in [-0.2, -0.15) is 0 Å². The molecule has 0 unspecified atom stereocenters. The number of fused-ring (bicyclic) bond motifs is 1. The number of hydrogen-bond donors (Lipinski definition) is 0. The summed E-state index contributed by atoms with van der Waals surface area (Å²) in [6.45, 7) is 4.21. The van der Waals surface area contributed by atoms with E-state index in [1.165, 1.54) is 32.4 Å². The van der Waals surface area contributed by atoms with Gasteiger partial charge in [-0.15, -0.1) is 0 Å². The van der Waals surface area contributed by atoms with Crippen LogP contribution in [-0.4, -0.2) is 44.1 Å². The number of rotatable bonds is 6. The van der Waals surface area contributed by atoms with E-state index in [1.807, 2.05) is 41.3 Å². The largest absolute Gasteiger partial charge is 0.497 e. The van der Waals surface area contributed by atoms with Gasteiger partial charge in [0.15, 0.2) is 0 Å². The van der Waals surface area contributed by atoms with E-state index in [0.29, 0.717) is 0 Å². The second kappa shape index (κ2) is 9.51. The average molecular weight is 409 g/mol. The lowest BCUT2D eigenvalue weighted by Crippen LogP contribution is -2.35. The average Bonchev–Trinajstić information content (AvgIpc) is 2.91. The Hall–Kier alpha value is -2.24. The summed E-state index contributed by atoms with van der Waals surface area (Å²) in [7, 11) is 1.66. The third-order valence-corrected chi connectivity index (χ3v) is 6.71. The van der Waals surface area contributed by atoms with E-state index in [0.717, 1.165) is 46.3 Å². The van der Waals surface area contributed by atoms with E-state index in [2.05, 4.69) is 17.0 Å². The van der Waals surface area contributed by atoms with Crippen LogP contribution in [0.25, 0.3) is 4.91 Å². The Morgan fingerprint density at radius 1 is 0.966 bits per heavy atom. The molecule has 2 aromatic carbocycles. The van der Waals surface area contributed by atoms with Gasteiger partial charge >= 0.3 is 0 Å². The van der Waals surface area contributed by atoms with E-state index >= 15 is 0 Å². The molecule has 29 heavy (non-hydrogen) atoms. The zero-order chi connectivity index (χ0) is 20.1. The van der Waals surface area contributed by atoms with Gasteiger partial charge in [0, 0.05) is 22.4 Å². The molecular weight excluding hydrogens is 380 g/mol. The Labute approximate surface area is 177 Å². The number of piperidine rings is 1. The van der Waals surface area contributed by atoms with Crippen molar-refractivity contribution in [2.24, 2.45) is 0 Å². The van der Waals surface area contributed by atoms with E-state index < -0.39 is 0 Å². The first-order valence-corrected chi connectivity index (χ1v) is 11.2. The number of anilines is 1. The van der Waals surface area contributed by atoms with E-state index in [9.17, 15) is 4.79 Å². The summed E-state index contributed by atoms with van der Waals surface area (Å²) in [5.41, 5.74) is 2.05. The molecule has 2 aliphatic heterocycles. The summed E-state index contributed by atoms with van der Waals surface area (Å²) in [5.74, 6) is 0.881. The van der Waals surface area contributed by atoms with Crippen LogP contribution in [0, 0.1) is 0 Å². The smallest absolute Gasteiger partial charge is 0.252 e. The molecule has 0 atom stereocenters. The molecule has 0 N–H and O–H groups in total. The minimum absolute atomic E-state index is 0.0620. The van der Waals surface area contributed by atoms with E-state index in [1.54, 1.807) is 24.9 Å². The van der Waals surface area contributed by atoms with Gasteiger partial charge in [0.25, 0.3) is 5.91 Å². The Kier molecular flexibility index (Phi) is 6.57. The molecule has 0 aromatic heterocycles. The van der Waals surface area contributed by atoms with Gasteiger partial charge in [-0.25, -0.2) is 0 Å². The van der Waals surface area contributed by atoms with E-state index in [4.69, 9.17) is 4.74 Å².